The van der Waals surface area contributed by atoms with Crippen molar-refractivity contribution in [3.8, 4) is 0 Å². The van der Waals surface area contributed by atoms with Crippen molar-refractivity contribution < 1.29 is 48.0 Å². The molecule has 5 rings (SSSR count). The molecule has 256 valence electrons. The van der Waals surface area contributed by atoms with Crippen molar-refractivity contribution >= 4 is 23.8 Å². The molecule has 3 saturated carbocycles. The SMILES string of the molecule is CC(=O)[C@]1(O)CC[C@@]2(O)[C@]1(C)[C@H](OC(=O)/C=C(\C)C(C)C)CC1[C@@]3(C)CC[C@H](OC(=O)/C=C/c4cccc(F)c4F)CC3=CC[C@]12O. The standard InChI is InChI=1S/C37H46F2O8/c1-21(2)22(3)18-31(42)47-29-20-28-33(5)14-13-26(46-30(41)11-10-24-8-7-9-27(38)32(24)39)19-25(33)12-15-36(28,44)37(45)17-16-35(43,23(4)40)34(29,37)6/h7-12,18,21,26,28-29,43-45H,13-17,19-20H2,1-6H3/b11-10+,22-18+/t26-,28?,29+,33-,34+,35+,36-,37+/m0/s1. The van der Waals surface area contributed by atoms with E-state index in [1.54, 1.807) is 6.92 Å². The Bertz CT molecular complexity index is 1560. The average Bonchev–Trinajstić information content (AvgIpc) is 3.23. The minimum absolute atomic E-state index is 0.0229. The van der Waals surface area contributed by atoms with E-state index in [0.29, 0.717) is 19.3 Å². The molecule has 47 heavy (non-hydrogen) atoms. The second-order valence-corrected chi connectivity index (χ2v) is 14.8. The van der Waals surface area contributed by atoms with Gasteiger partial charge in [0.15, 0.2) is 17.4 Å². The van der Waals surface area contributed by atoms with Crippen LogP contribution in [0.4, 0.5) is 8.78 Å². The Morgan fingerprint density at radius 1 is 1.00 bits per heavy atom. The number of Topliss-reactive ketones (excluding diaryl/α,β-unsaturated/α-hetero) is 1. The summed E-state index contributed by atoms with van der Waals surface area (Å²) < 4.78 is 39.3. The van der Waals surface area contributed by atoms with E-state index in [-0.39, 0.29) is 37.2 Å². The Morgan fingerprint density at radius 3 is 2.36 bits per heavy atom. The first kappa shape index (κ1) is 35.1. The first-order valence-electron chi connectivity index (χ1n) is 16.4. The number of ether oxygens (including phenoxy) is 2. The molecule has 4 aliphatic rings. The molecule has 0 aromatic heterocycles. The summed E-state index contributed by atoms with van der Waals surface area (Å²) in [7, 11) is 0. The Kier molecular flexibility index (Phi) is 8.99. The third kappa shape index (κ3) is 5.31. The van der Waals surface area contributed by atoms with E-state index in [9.17, 15) is 38.5 Å². The summed E-state index contributed by atoms with van der Waals surface area (Å²) in [6.45, 7) is 10.5. The Labute approximate surface area is 274 Å². The molecular weight excluding hydrogens is 610 g/mol. The number of aliphatic hydroxyl groups is 3. The molecule has 8 atom stereocenters. The fourth-order valence-electron chi connectivity index (χ4n) is 8.99. The van der Waals surface area contributed by atoms with Gasteiger partial charge in [-0.05, 0) is 82.8 Å². The summed E-state index contributed by atoms with van der Waals surface area (Å²) in [5, 5.41) is 37.1. The van der Waals surface area contributed by atoms with Crippen LogP contribution in [0, 0.1) is 34.3 Å². The van der Waals surface area contributed by atoms with Crippen molar-refractivity contribution in [2.75, 3.05) is 0 Å². The number of ketones is 1. The largest absolute Gasteiger partial charge is 0.459 e. The predicted octanol–water partition coefficient (Wildman–Crippen LogP) is 5.53. The number of carbonyl (C=O) groups excluding carboxylic acids is 3. The number of fused-ring (bicyclic) bond motifs is 5. The van der Waals surface area contributed by atoms with Gasteiger partial charge in [0.2, 0.25) is 0 Å². The highest BCUT2D eigenvalue weighted by molar-refractivity contribution is 5.88. The van der Waals surface area contributed by atoms with Crippen LogP contribution < -0.4 is 0 Å². The highest BCUT2D eigenvalue weighted by Crippen LogP contribution is 2.71. The Balaban J connectivity index is 1.44. The van der Waals surface area contributed by atoms with Crippen LogP contribution in [-0.4, -0.2) is 62.1 Å². The van der Waals surface area contributed by atoms with E-state index in [0.717, 1.165) is 29.4 Å². The summed E-state index contributed by atoms with van der Waals surface area (Å²) in [4.78, 5) is 38.9. The predicted molar refractivity (Wildman–Crippen MR) is 169 cm³/mol. The third-order valence-electron chi connectivity index (χ3n) is 12.3. The highest BCUT2D eigenvalue weighted by atomic mass is 19.2. The minimum Gasteiger partial charge on any atom is -0.459 e. The lowest BCUT2D eigenvalue weighted by Gasteiger charge is -2.67. The second kappa shape index (κ2) is 12.0. The molecule has 3 N–H and O–H groups in total. The molecule has 0 spiro atoms. The van der Waals surface area contributed by atoms with Gasteiger partial charge in [0.1, 0.15) is 29.0 Å². The van der Waals surface area contributed by atoms with Crippen LogP contribution in [0.1, 0.15) is 92.1 Å². The van der Waals surface area contributed by atoms with E-state index < -0.39 is 75.1 Å². The molecule has 1 aromatic carbocycles. The fraction of sp³-hybridized carbons (Fsp3) is 0.595. The molecule has 0 heterocycles. The lowest BCUT2D eigenvalue weighted by Crippen LogP contribution is -2.78. The molecule has 0 amide bonds. The lowest BCUT2D eigenvalue weighted by molar-refractivity contribution is -0.314. The zero-order chi connectivity index (χ0) is 34.7. The van der Waals surface area contributed by atoms with Gasteiger partial charge >= 0.3 is 11.9 Å². The van der Waals surface area contributed by atoms with Gasteiger partial charge in [0.25, 0.3) is 0 Å². The van der Waals surface area contributed by atoms with Crippen LogP contribution in [-0.2, 0) is 23.9 Å². The summed E-state index contributed by atoms with van der Waals surface area (Å²) in [5.41, 5.74) is -6.54. The molecule has 3 fully saturated rings. The quantitative estimate of drug-likeness (QED) is 0.199. The molecular formula is C37H46F2O8. The zero-order valence-corrected chi connectivity index (χ0v) is 27.9. The first-order chi connectivity index (χ1) is 21.8. The van der Waals surface area contributed by atoms with Crippen LogP contribution >= 0.6 is 0 Å². The van der Waals surface area contributed by atoms with Crippen LogP contribution in [0.2, 0.25) is 0 Å². The number of rotatable bonds is 7. The maximum atomic E-state index is 14.0. The number of hydrogen-bond acceptors (Lipinski definition) is 8. The van der Waals surface area contributed by atoms with Crippen molar-refractivity contribution in [3.63, 3.8) is 0 Å². The summed E-state index contributed by atoms with van der Waals surface area (Å²) in [6.07, 6.45) is 5.03. The first-order valence-corrected chi connectivity index (χ1v) is 16.4. The van der Waals surface area contributed by atoms with Crippen LogP contribution in [0.15, 0.2) is 47.6 Å². The summed E-state index contributed by atoms with van der Waals surface area (Å²) in [6, 6.07) is 3.68. The molecule has 8 nitrogen and oxygen atoms in total. The van der Waals surface area contributed by atoms with Gasteiger partial charge in [-0.15, -0.1) is 0 Å². The fourth-order valence-corrected chi connectivity index (χ4v) is 8.99. The average molecular weight is 657 g/mol. The number of hydrogen-bond donors (Lipinski definition) is 3. The third-order valence-corrected chi connectivity index (χ3v) is 12.3. The molecule has 0 saturated heterocycles. The van der Waals surface area contributed by atoms with Crippen molar-refractivity contribution in [2.45, 2.75) is 115 Å². The number of benzene rings is 1. The number of halogens is 2. The van der Waals surface area contributed by atoms with Gasteiger partial charge in [-0.1, -0.05) is 50.1 Å². The van der Waals surface area contributed by atoms with E-state index in [2.05, 4.69) is 0 Å². The van der Waals surface area contributed by atoms with Crippen molar-refractivity contribution in [1.82, 2.24) is 0 Å². The van der Waals surface area contributed by atoms with Crippen LogP contribution in [0.5, 0.6) is 0 Å². The van der Waals surface area contributed by atoms with E-state index >= 15 is 0 Å². The maximum absolute atomic E-state index is 14.0. The Morgan fingerprint density at radius 2 is 1.70 bits per heavy atom. The molecule has 4 aliphatic carbocycles. The van der Waals surface area contributed by atoms with Gasteiger partial charge in [0, 0.05) is 30.1 Å². The van der Waals surface area contributed by atoms with Crippen molar-refractivity contribution in [3.05, 3.63) is 64.8 Å². The molecule has 1 unspecified atom stereocenters. The molecule has 0 bridgehead atoms. The lowest BCUT2D eigenvalue weighted by atomic mass is 9.42. The van der Waals surface area contributed by atoms with E-state index in [1.807, 2.05) is 33.8 Å². The van der Waals surface area contributed by atoms with E-state index in [1.165, 1.54) is 25.1 Å². The highest BCUT2D eigenvalue weighted by Gasteiger charge is 2.81. The molecule has 1 aromatic rings. The van der Waals surface area contributed by atoms with Crippen molar-refractivity contribution in [1.29, 1.82) is 0 Å². The van der Waals surface area contributed by atoms with E-state index in [4.69, 9.17) is 9.47 Å². The minimum atomic E-state index is -2.04. The zero-order valence-electron chi connectivity index (χ0n) is 27.9. The maximum Gasteiger partial charge on any atom is 0.331 e. The summed E-state index contributed by atoms with van der Waals surface area (Å²) in [5.74, 6) is -4.54. The normalized spacial score (nSPS) is 38.3. The topological polar surface area (TPSA) is 130 Å². The van der Waals surface area contributed by atoms with Crippen molar-refractivity contribution in [2.24, 2.45) is 22.7 Å². The van der Waals surface area contributed by atoms with Gasteiger partial charge < -0.3 is 24.8 Å². The molecule has 10 heteroatoms. The smallest absolute Gasteiger partial charge is 0.331 e. The monoisotopic (exact) mass is 656 g/mol. The van der Waals surface area contributed by atoms with Crippen LogP contribution in [0.25, 0.3) is 6.08 Å². The van der Waals surface area contributed by atoms with Gasteiger partial charge in [-0.2, -0.15) is 0 Å². The summed E-state index contributed by atoms with van der Waals surface area (Å²) >= 11 is 0. The second-order valence-electron chi connectivity index (χ2n) is 14.8. The van der Waals surface area contributed by atoms with Gasteiger partial charge in [-0.25, -0.2) is 18.4 Å². The molecule has 0 radical (unpaired) electrons. The Hall–Kier alpha value is -3.21. The van der Waals surface area contributed by atoms with Crippen LogP contribution in [0.3, 0.4) is 0 Å². The number of carbonyl (C=O) groups is 3. The van der Waals surface area contributed by atoms with Gasteiger partial charge in [-0.3, -0.25) is 4.79 Å². The molecule has 0 aliphatic heterocycles. The van der Waals surface area contributed by atoms with Gasteiger partial charge in [0.05, 0.1) is 5.41 Å². The number of esters is 2. The number of allylic oxidation sites excluding steroid dienone is 1.